The number of thioether (sulfide) groups is 1. The molecular weight excluding hydrogens is 352 g/mol. The van der Waals surface area contributed by atoms with Gasteiger partial charge >= 0.3 is 0 Å². The monoisotopic (exact) mass is 370 g/mol. The average Bonchev–Trinajstić information content (AvgIpc) is 3.08. The SMILES string of the molecule is Cc1ccc(Nc2nnc(SCC(=O)NCc3ccccc3)s2)cc1. The van der Waals surface area contributed by atoms with Gasteiger partial charge < -0.3 is 10.6 Å². The van der Waals surface area contributed by atoms with Crippen molar-refractivity contribution in [2.45, 2.75) is 17.8 Å². The third-order valence-corrected chi connectivity index (χ3v) is 5.34. The highest BCUT2D eigenvalue weighted by molar-refractivity contribution is 8.01. The Balaban J connectivity index is 1.45. The molecule has 5 nitrogen and oxygen atoms in total. The third-order valence-electron chi connectivity index (χ3n) is 3.37. The van der Waals surface area contributed by atoms with E-state index in [2.05, 4.69) is 20.8 Å². The molecule has 128 valence electrons. The Bertz CT molecular complexity index is 819. The van der Waals surface area contributed by atoms with Crippen molar-refractivity contribution < 1.29 is 4.79 Å². The van der Waals surface area contributed by atoms with Crippen LogP contribution in [0.1, 0.15) is 11.1 Å². The van der Waals surface area contributed by atoms with Crippen LogP contribution in [0.5, 0.6) is 0 Å². The van der Waals surface area contributed by atoms with Crippen LogP contribution in [-0.2, 0) is 11.3 Å². The first-order chi connectivity index (χ1) is 12.2. The van der Waals surface area contributed by atoms with Crippen LogP contribution in [0.3, 0.4) is 0 Å². The van der Waals surface area contributed by atoms with E-state index in [1.807, 2.05) is 61.5 Å². The Kier molecular flexibility index (Phi) is 6.03. The third kappa shape index (κ3) is 5.58. The largest absolute Gasteiger partial charge is 0.351 e. The van der Waals surface area contributed by atoms with Gasteiger partial charge in [0.05, 0.1) is 5.75 Å². The van der Waals surface area contributed by atoms with Gasteiger partial charge in [-0.3, -0.25) is 4.79 Å². The van der Waals surface area contributed by atoms with E-state index in [4.69, 9.17) is 0 Å². The van der Waals surface area contributed by atoms with Gasteiger partial charge in [0.25, 0.3) is 0 Å². The summed E-state index contributed by atoms with van der Waals surface area (Å²) in [4.78, 5) is 11.9. The van der Waals surface area contributed by atoms with Crippen molar-refractivity contribution in [3.05, 3.63) is 65.7 Å². The van der Waals surface area contributed by atoms with Gasteiger partial charge in [0.15, 0.2) is 4.34 Å². The number of hydrogen-bond acceptors (Lipinski definition) is 6. The molecule has 3 rings (SSSR count). The Hall–Kier alpha value is -2.38. The smallest absolute Gasteiger partial charge is 0.230 e. The molecule has 0 spiro atoms. The van der Waals surface area contributed by atoms with Gasteiger partial charge in [0.2, 0.25) is 11.0 Å². The Morgan fingerprint density at radius 1 is 1.08 bits per heavy atom. The average molecular weight is 371 g/mol. The van der Waals surface area contributed by atoms with E-state index in [1.54, 1.807) is 0 Å². The first-order valence-corrected chi connectivity index (χ1v) is 9.60. The molecule has 0 radical (unpaired) electrons. The summed E-state index contributed by atoms with van der Waals surface area (Å²) in [6.45, 7) is 2.59. The molecule has 0 saturated heterocycles. The van der Waals surface area contributed by atoms with E-state index < -0.39 is 0 Å². The molecule has 1 heterocycles. The quantitative estimate of drug-likeness (QED) is 0.616. The fraction of sp³-hybridized carbons (Fsp3) is 0.167. The number of aromatic nitrogens is 2. The highest BCUT2D eigenvalue weighted by atomic mass is 32.2. The van der Waals surface area contributed by atoms with Crippen molar-refractivity contribution in [2.75, 3.05) is 11.1 Å². The summed E-state index contributed by atoms with van der Waals surface area (Å²) < 4.78 is 0.768. The molecule has 0 aliphatic rings. The number of anilines is 2. The number of aryl methyl sites for hydroxylation is 1. The number of carbonyl (C=O) groups excluding carboxylic acids is 1. The molecule has 0 saturated carbocycles. The van der Waals surface area contributed by atoms with Crippen LogP contribution >= 0.6 is 23.1 Å². The minimum atomic E-state index is -0.0166. The van der Waals surface area contributed by atoms with Gasteiger partial charge in [-0.2, -0.15) is 0 Å². The normalized spacial score (nSPS) is 10.4. The van der Waals surface area contributed by atoms with E-state index >= 15 is 0 Å². The number of carbonyl (C=O) groups is 1. The van der Waals surface area contributed by atoms with Crippen molar-refractivity contribution in [3.63, 3.8) is 0 Å². The van der Waals surface area contributed by atoms with Crippen molar-refractivity contribution in [1.29, 1.82) is 0 Å². The summed E-state index contributed by atoms with van der Waals surface area (Å²) in [7, 11) is 0. The number of rotatable bonds is 7. The lowest BCUT2D eigenvalue weighted by atomic mass is 10.2. The summed E-state index contributed by atoms with van der Waals surface area (Å²) in [5, 5.41) is 15.1. The van der Waals surface area contributed by atoms with Crippen LogP contribution < -0.4 is 10.6 Å². The molecule has 0 fully saturated rings. The molecule has 0 aliphatic heterocycles. The summed E-state index contributed by atoms with van der Waals surface area (Å²) in [6, 6.07) is 17.9. The second-order valence-electron chi connectivity index (χ2n) is 5.42. The first kappa shape index (κ1) is 17.4. The molecular formula is C18H18N4OS2. The molecule has 1 aromatic heterocycles. The second kappa shape index (κ2) is 8.64. The van der Waals surface area contributed by atoms with Gasteiger partial charge in [-0.05, 0) is 24.6 Å². The Morgan fingerprint density at radius 3 is 2.60 bits per heavy atom. The van der Waals surface area contributed by atoms with Crippen LogP contribution in [0.2, 0.25) is 0 Å². The fourth-order valence-corrected chi connectivity index (χ4v) is 3.66. The molecule has 0 atom stereocenters. The molecule has 25 heavy (non-hydrogen) atoms. The number of benzene rings is 2. The maximum Gasteiger partial charge on any atom is 0.230 e. The molecule has 1 amide bonds. The highest BCUT2D eigenvalue weighted by Crippen LogP contribution is 2.27. The topological polar surface area (TPSA) is 66.9 Å². The van der Waals surface area contributed by atoms with Crippen LogP contribution in [0, 0.1) is 6.92 Å². The van der Waals surface area contributed by atoms with E-state index in [0.29, 0.717) is 12.3 Å². The van der Waals surface area contributed by atoms with Crippen molar-refractivity contribution in [1.82, 2.24) is 15.5 Å². The summed E-state index contributed by atoms with van der Waals surface area (Å²) >= 11 is 2.83. The molecule has 2 aromatic carbocycles. The lowest BCUT2D eigenvalue weighted by Gasteiger charge is -2.04. The van der Waals surface area contributed by atoms with Gasteiger partial charge in [0, 0.05) is 12.2 Å². The lowest BCUT2D eigenvalue weighted by molar-refractivity contribution is -0.118. The number of hydrogen-bond donors (Lipinski definition) is 2. The zero-order valence-electron chi connectivity index (χ0n) is 13.7. The number of amides is 1. The van der Waals surface area contributed by atoms with E-state index in [0.717, 1.165) is 20.7 Å². The lowest BCUT2D eigenvalue weighted by Crippen LogP contribution is -2.24. The van der Waals surface area contributed by atoms with Gasteiger partial charge in [0.1, 0.15) is 0 Å². The van der Waals surface area contributed by atoms with Crippen LogP contribution in [0.15, 0.2) is 58.9 Å². The summed E-state index contributed by atoms with van der Waals surface area (Å²) in [6.07, 6.45) is 0. The highest BCUT2D eigenvalue weighted by Gasteiger charge is 2.08. The predicted octanol–water partition coefficient (Wildman–Crippen LogP) is 4.00. The maximum absolute atomic E-state index is 11.9. The maximum atomic E-state index is 11.9. The standard InChI is InChI=1S/C18H18N4OS2/c1-13-7-9-15(10-8-13)20-17-21-22-18(25-17)24-12-16(23)19-11-14-5-3-2-4-6-14/h2-10H,11-12H2,1H3,(H,19,23)(H,20,21). The van der Waals surface area contributed by atoms with Crippen molar-refractivity contribution >= 4 is 39.8 Å². The van der Waals surface area contributed by atoms with Crippen LogP contribution in [0.4, 0.5) is 10.8 Å². The predicted molar refractivity (Wildman–Crippen MR) is 103 cm³/mol. The Labute approximate surface area is 154 Å². The fourth-order valence-electron chi connectivity index (χ4n) is 2.05. The number of nitrogens with one attached hydrogen (secondary N) is 2. The van der Waals surface area contributed by atoms with Gasteiger partial charge in [-0.25, -0.2) is 0 Å². The summed E-state index contributed by atoms with van der Waals surface area (Å²) in [5.74, 6) is 0.309. The van der Waals surface area contributed by atoms with Crippen molar-refractivity contribution in [2.24, 2.45) is 0 Å². The second-order valence-corrected chi connectivity index (χ2v) is 7.62. The van der Waals surface area contributed by atoms with Crippen LogP contribution in [-0.4, -0.2) is 21.9 Å². The zero-order valence-corrected chi connectivity index (χ0v) is 15.4. The Morgan fingerprint density at radius 2 is 1.84 bits per heavy atom. The molecule has 7 heteroatoms. The zero-order chi connectivity index (χ0) is 17.5. The van der Waals surface area contributed by atoms with Crippen LogP contribution in [0.25, 0.3) is 0 Å². The first-order valence-electron chi connectivity index (χ1n) is 7.80. The molecule has 3 aromatic rings. The molecule has 2 N–H and O–H groups in total. The minimum absolute atomic E-state index is 0.0166. The number of nitrogens with zero attached hydrogens (tertiary/aromatic N) is 2. The van der Waals surface area contributed by atoms with E-state index in [-0.39, 0.29) is 5.91 Å². The van der Waals surface area contributed by atoms with Gasteiger partial charge in [-0.1, -0.05) is 71.1 Å². The molecule has 0 unspecified atom stereocenters. The molecule has 0 aliphatic carbocycles. The van der Waals surface area contributed by atoms with E-state index in [1.165, 1.54) is 28.7 Å². The van der Waals surface area contributed by atoms with Crippen molar-refractivity contribution in [3.8, 4) is 0 Å². The minimum Gasteiger partial charge on any atom is -0.351 e. The molecule has 0 bridgehead atoms. The van der Waals surface area contributed by atoms with E-state index in [9.17, 15) is 4.79 Å². The summed E-state index contributed by atoms with van der Waals surface area (Å²) in [5.41, 5.74) is 3.26. The van der Waals surface area contributed by atoms with Gasteiger partial charge in [-0.15, -0.1) is 10.2 Å².